The van der Waals surface area contributed by atoms with Gasteiger partial charge in [-0.05, 0) is 48.2 Å². The summed E-state index contributed by atoms with van der Waals surface area (Å²) in [5, 5.41) is 12.7. The van der Waals surface area contributed by atoms with Crippen LogP contribution in [0.3, 0.4) is 0 Å². The monoisotopic (exact) mass is 466 g/mol. The highest BCUT2D eigenvalue weighted by Crippen LogP contribution is 2.23. The largest absolute Gasteiger partial charge is 0.480 e. The lowest BCUT2D eigenvalue weighted by Crippen LogP contribution is -2.41. The van der Waals surface area contributed by atoms with Crippen molar-refractivity contribution >= 4 is 33.5 Å². The molecule has 0 aliphatic heterocycles. The first-order valence-corrected chi connectivity index (χ1v) is 11.7. The first-order valence-electron chi connectivity index (χ1n) is 9.79. The van der Waals surface area contributed by atoms with Crippen LogP contribution in [-0.2, 0) is 19.6 Å². The summed E-state index contributed by atoms with van der Waals surface area (Å²) in [5.41, 5.74) is 1.13. The van der Waals surface area contributed by atoms with Crippen LogP contribution in [0.1, 0.15) is 33.6 Å². The summed E-state index contributed by atoms with van der Waals surface area (Å²) in [6.07, 6.45) is 0.360. The van der Waals surface area contributed by atoms with Gasteiger partial charge < -0.3 is 10.4 Å². The summed E-state index contributed by atoms with van der Waals surface area (Å²) in [7, 11) is -4.03. The van der Waals surface area contributed by atoms with Gasteiger partial charge in [0.15, 0.2) is 0 Å². The fourth-order valence-electron chi connectivity index (χ4n) is 2.73. The first kappa shape index (κ1) is 24.8. The van der Waals surface area contributed by atoms with Crippen molar-refractivity contribution in [1.82, 2.24) is 10.0 Å². The lowest BCUT2D eigenvalue weighted by Gasteiger charge is -2.18. The Morgan fingerprint density at radius 1 is 1.00 bits per heavy atom. The smallest absolute Gasteiger partial charge is 0.321 e. The van der Waals surface area contributed by atoms with E-state index in [1.54, 1.807) is 45.0 Å². The molecule has 0 fully saturated rings. The Morgan fingerprint density at radius 2 is 1.52 bits per heavy atom. The average molecular weight is 467 g/mol. The molecule has 3 N–H and O–H groups in total. The van der Waals surface area contributed by atoms with Crippen molar-refractivity contribution in [2.75, 3.05) is 6.54 Å². The number of hydrogen-bond donors (Lipinski definition) is 3. The van der Waals surface area contributed by atoms with Gasteiger partial charge in [0.2, 0.25) is 15.9 Å². The van der Waals surface area contributed by atoms with Crippen LogP contribution in [0.4, 0.5) is 0 Å². The lowest BCUT2D eigenvalue weighted by atomic mass is 9.96. The number of hydrogen-bond acceptors (Lipinski definition) is 4. The van der Waals surface area contributed by atoms with Crippen LogP contribution in [0.15, 0.2) is 53.4 Å². The van der Waals surface area contributed by atoms with Gasteiger partial charge in [-0.15, -0.1) is 0 Å². The molecule has 168 valence electrons. The maximum atomic E-state index is 12.7. The molecule has 31 heavy (non-hydrogen) atoms. The number of carbonyl (C=O) groups is 2. The van der Waals surface area contributed by atoms with E-state index in [-0.39, 0.29) is 23.8 Å². The fraction of sp³-hybridized carbons (Fsp3) is 0.364. The van der Waals surface area contributed by atoms with Crippen LogP contribution >= 0.6 is 11.6 Å². The summed E-state index contributed by atoms with van der Waals surface area (Å²) in [5.74, 6) is -1.43. The Morgan fingerprint density at radius 3 is 2.00 bits per heavy atom. The molecule has 0 spiro atoms. The predicted molar refractivity (Wildman–Crippen MR) is 120 cm³/mol. The Balaban J connectivity index is 2.01. The SMILES string of the molecule is CC(C)(C)C(=O)NCCC[C@@H](NS(=O)(=O)c1ccc(-c2ccc(Cl)cc2)cc1)C(=O)O. The van der Waals surface area contributed by atoms with E-state index >= 15 is 0 Å². The van der Waals surface area contributed by atoms with Crippen molar-refractivity contribution in [3.63, 3.8) is 0 Å². The Labute approximate surface area is 187 Å². The molecule has 0 saturated heterocycles. The maximum absolute atomic E-state index is 12.7. The van der Waals surface area contributed by atoms with E-state index < -0.39 is 27.4 Å². The standard InChI is InChI=1S/C22H27ClN2O5S/c1-22(2,3)21(28)24-14-4-5-19(20(26)27)25-31(29,30)18-12-8-16(9-13-18)15-6-10-17(23)11-7-15/h6-13,19,25H,4-5,14H2,1-3H3,(H,24,28)(H,26,27)/t19-/m1/s1. The molecule has 0 bridgehead atoms. The average Bonchev–Trinajstić information content (AvgIpc) is 2.70. The van der Waals surface area contributed by atoms with Crippen molar-refractivity contribution < 1.29 is 23.1 Å². The van der Waals surface area contributed by atoms with Crippen molar-refractivity contribution in [3.8, 4) is 11.1 Å². The van der Waals surface area contributed by atoms with Crippen LogP contribution in [0, 0.1) is 5.41 Å². The summed E-state index contributed by atoms with van der Waals surface area (Å²) >= 11 is 5.88. The molecule has 7 nitrogen and oxygen atoms in total. The molecule has 1 atom stereocenters. The topological polar surface area (TPSA) is 113 Å². The third kappa shape index (κ3) is 7.34. The third-order valence-electron chi connectivity index (χ3n) is 4.57. The lowest BCUT2D eigenvalue weighted by molar-refractivity contribution is -0.139. The zero-order chi connectivity index (χ0) is 23.2. The molecule has 0 aliphatic carbocycles. The van der Waals surface area contributed by atoms with Gasteiger partial charge >= 0.3 is 5.97 Å². The summed E-state index contributed by atoms with van der Waals surface area (Å²) in [6.45, 7) is 5.58. The Bertz CT molecular complexity index is 1010. The van der Waals surface area contributed by atoms with E-state index in [0.717, 1.165) is 11.1 Å². The normalized spacial score (nSPS) is 12.9. The van der Waals surface area contributed by atoms with Gasteiger partial charge in [-0.3, -0.25) is 9.59 Å². The van der Waals surface area contributed by atoms with Gasteiger partial charge in [-0.2, -0.15) is 4.72 Å². The number of amides is 1. The zero-order valence-corrected chi connectivity index (χ0v) is 19.3. The van der Waals surface area contributed by atoms with E-state index in [0.29, 0.717) is 11.4 Å². The molecule has 0 aromatic heterocycles. The highest BCUT2D eigenvalue weighted by molar-refractivity contribution is 7.89. The van der Waals surface area contributed by atoms with Gasteiger partial charge in [0.25, 0.3) is 0 Å². The highest BCUT2D eigenvalue weighted by Gasteiger charge is 2.26. The molecule has 2 rings (SSSR count). The van der Waals surface area contributed by atoms with Gasteiger partial charge in [0.1, 0.15) is 6.04 Å². The number of carboxylic acid groups (broad SMARTS) is 1. The summed E-state index contributed by atoms with van der Waals surface area (Å²) < 4.78 is 27.5. The molecule has 0 radical (unpaired) electrons. The minimum Gasteiger partial charge on any atom is -0.480 e. The second-order valence-corrected chi connectivity index (χ2v) is 10.3. The quantitative estimate of drug-likeness (QED) is 0.488. The minimum absolute atomic E-state index is 0.0301. The number of aliphatic carboxylic acids is 1. The number of sulfonamides is 1. The van der Waals surface area contributed by atoms with Gasteiger partial charge in [-0.1, -0.05) is 56.6 Å². The van der Waals surface area contributed by atoms with E-state index in [1.807, 2.05) is 12.1 Å². The van der Waals surface area contributed by atoms with Crippen LogP contribution < -0.4 is 10.0 Å². The second-order valence-electron chi connectivity index (χ2n) is 8.19. The molecule has 0 saturated carbocycles. The molecule has 2 aromatic rings. The molecular weight excluding hydrogens is 440 g/mol. The summed E-state index contributed by atoms with van der Waals surface area (Å²) in [6, 6.07) is 12.0. The molecule has 1 amide bonds. The number of nitrogens with one attached hydrogen (secondary N) is 2. The van der Waals surface area contributed by atoms with E-state index in [4.69, 9.17) is 11.6 Å². The van der Waals surface area contributed by atoms with Crippen LogP contribution in [0.5, 0.6) is 0 Å². The van der Waals surface area contributed by atoms with Crippen LogP contribution in [0.2, 0.25) is 5.02 Å². The molecule has 9 heteroatoms. The van der Waals surface area contributed by atoms with Gasteiger partial charge in [0.05, 0.1) is 4.90 Å². The second kappa shape index (κ2) is 10.3. The third-order valence-corrected chi connectivity index (χ3v) is 6.31. The van der Waals surface area contributed by atoms with Crippen molar-refractivity contribution in [2.45, 2.75) is 44.6 Å². The number of carbonyl (C=O) groups excluding carboxylic acids is 1. The highest BCUT2D eigenvalue weighted by atomic mass is 35.5. The minimum atomic E-state index is -4.03. The van der Waals surface area contributed by atoms with Crippen molar-refractivity contribution in [3.05, 3.63) is 53.6 Å². The fourth-order valence-corrected chi connectivity index (χ4v) is 4.08. The Kier molecular flexibility index (Phi) is 8.22. The number of benzene rings is 2. The molecule has 2 aromatic carbocycles. The maximum Gasteiger partial charge on any atom is 0.321 e. The molecular formula is C22H27ClN2O5S. The van der Waals surface area contributed by atoms with Crippen LogP contribution in [-0.4, -0.2) is 38.0 Å². The first-order chi connectivity index (χ1) is 14.4. The van der Waals surface area contributed by atoms with Gasteiger partial charge in [0, 0.05) is 17.0 Å². The predicted octanol–water partition coefficient (Wildman–Crippen LogP) is 3.68. The Hall–Kier alpha value is -2.42. The van der Waals surface area contributed by atoms with Gasteiger partial charge in [-0.25, -0.2) is 8.42 Å². The zero-order valence-electron chi connectivity index (χ0n) is 17.7. The number of carboxylic acids is 1. The van der Waals surface area contributed by atoms with E-state index in [1.165, 1.54) is 12.1 Å². The van der Waals surface area contributed by atoms with Crippen LogP contribution in [0.25, 0.3) is 11.1 Å². The van der Waals surface area contributed by atoms with E-state index in [9.17, 15) is 23.1 Å². The number of rotatable bonds is 9. The molecule has 0 unspecified atom stereocenters. The molecule has 0 aliphatic rings. The van der Waals surface area contributed by atoms with E-state index in [2.05, 4.69) is 10.0 Å². The number of halogens is 1. The van der Waals surface area contributed by atoms with Crippen molar-refractivity contribution in [2.24, 2.45) is 5.41 Å². The molecule has 0 heterocycles. The summed E-state index contributed by atoms with van der Waals surface area (Å²) in [4.78, 5) is 23.4. The van der Waals surface area contributed by atoms with Crippen molar-refractivity contribution in [1.29, 1.82) is 0 Å².